The standard InChI is InChI=1S/C26H29ClN2O6/c1-4-33-25(30)20-21(26(31)34-5-2)24(28-16-9-7-6-8-10-16)35-22(20)18-14-15-13-17(32-3)11-12-19(15)29-23(18)27/h11-14,16,28H,4-10H2,1-3H3. The first-order chi connectivity index (χ1) is 17.0. The summed E-state index contributed by atoms with van der Waals surface area (Å²) in [7, 11) is 1.58. The highest BCUT2D eigenvalue weighted by Crippen LogP contribution is 2.41. The summed E-state index contributed by atoms with van der Waals surface area (Å²) in [6.07, 6.45) is 5.19. The molecule has 1 aliphatic rings. The van der Waals surface area contributed by atoms with Gasteiger partial charge in [-0.25, -0.2) is 14.6 Å². The lowest BCUT2D eigenvalue weighted by molar-refractivity contribution is 0.0481. The Morgan fingerprint density at radius 2 is 1.74 bits per heavy atom. The first kappa shape index (κ1) is 24.9. The zero-order valence-electron chi connectivity index (χ0n) is 20.1. The van der Waals surface area contributed by atoms with E-state index in [1.54, 1.807) is 39.2 Å². The maximum absolute atomic E-state index is 13.1. The molecule has 1 N–H and O–H groups in total. The van der Waals surface area contributed by atoms with E-state index in [-0.39, 0.29) is 47.2 Å². The topological polar surface area (TPSA) is 99.9 Å². The Balaban J connectivity index is 1.92. The highest BCUT2D eigenvalue weighted by atomic mass is 35.5. The summed E-state index contributed by atoms with van der Waals surface area (Å²) in [6, 6.07) is 7.25. The second-order valence-electron chi connectivity index (χ2n) is 8.32. The van der Waals surface area contributed by atoms with Crippen molar-refractivity contribution in [1.29, 1.82) is 0 Å². The van der Waals surface area contributed by atoms with Gasteiger partial charge in [0.25, 0.3) is 0 Å². The van der Waals surface area contributed by atoms with Gasteiger partial charge in [0.15, 0.2) is 5.76 Å². The minimum Gasteiger partial charge on any atom is -0.497 e. The van der Waals surface area contributed by atoms with Crippen LogP contribution in [0, 0.1) is 0 Å². The van der Waals surface area contributed by atoms with Gasteiger partial charge in [0, 0.05) is 11.4 Å². The molecule has 8 nitrogen and oxygen atoms in total. The molecule has 35 heavy (non-hydrogen) atoms. The number of hydrogen-bond acceptors (Lipinski definition) is 8. The fourth-order valence-electron chi connectivity index (χ4n) is 4.37. The van der Waals surface area contributed by atoms with Crippen LogP contribution >= 0.6 is 11.6 Å². The fraction of sp³-hybridized carbons (Fsp3) is 0.423. The minimum atomic E-state index is -0.701. The normalized spacial score (nSPS) is 14.1. The van der Waals surface area contributed by atoms with E-state index >= 15 is 0 Å². The van der Waals surface area contributed by atoms with Gasteiger partial charge in [0.2, 0.25) is 5.88 Å². The Morgan fingerprint density at radius 1 is 1.06 bits per heavy atom. The number of fused-ring (bicyclic) bond motifs is 1. The van der Waals surface area contributed by atoms with Gasteiger partial charge in [-0.05, 0) is 51.0 Å². The van der Waals surface area contributed by atoms with Crippen LogP contribution in [0.3, 0.4) is 0 Å². The van der Waals surface area contributed by atoms with Crippen molar-refractivity contribution in [3.05, 3.63) is 40.5 Å². The van der Waals surface area contributed by atoms with E-state index in [2.05, 4.69) is 10.3 Å². The molecule has 0 unspecified atom stereocenters. The number of nitrogens with one attached hydrogen (secondary N) is 1. The molecule has 186 valence electrons. The van der Waals surface area contributed by atoms with Crippen LogP contribution in [-0.4, -0.2) is 43.3 Å². The number of carbonyl (C=O) groups is 2. The van der Waals surface area contributed by atoms with Crippen LogP contribution in [0.4, 0.5) is 5.88 Å². The van der Waals surface area contributed by atoms with Gasteiger partial charge >= 0.3 is 11.9 Å². The summed E-state index contributed by atoms with van der Waals surface area (Å²) in [4.78, 5) is 30.7. The number of esters is 2. The van der Waals surface area contributed by atoms with E-state index in [4.69, 9.17) is 30.2 Å². The molecule has 0 bridgehead atoms. The van der Waals surface area contributed by atoms with Crippen LogP contribution in [0.1, 0.15) is 66.7 Å². The lowest BCUT2D eigenvalue weighted by atomic mass is 9.95. The average Bonchev–Trinajstić information content (AvgIpc) is 3.23. The van der Waals surface area contributed by atoms with Crippen molar-refractivity contribution in [3.63, 3.8) is 0 Å². The van der Waals surface area contributed by atoms with Gasteiger partial charge in [-0.15, -0.1) is 0 Å². The summed E-state index contributed by atoms with van der Waals surface area (Å²) in [5.74, 6) is -0.449. The summed E-state index contributed by atoms with van der Waals surface area (Å²) >= 11 is 6.57. The number of carbonyl (C=O) groups excluding carboxylic acids is 2. The molecule has 1 aliphatic carbocycles. The number of furan rings is 1. The lowest BCUT2D eigenvalue weighted by Gasteiger charge is -2.22. The Morgan fingerprint density at radius 3 is 2.40 bits per heavy atom. The van der Waals surface area contributed by atoms with E-state index in [1.165, 1.54) is 6.42 Å². The number of methoxy groups -OCH3 is 1. The third kappa shape index (κ3) is 5.22. The Bertz CT molecular complexity index is 1230. The predicted octanol–water partition coefficient (Wildman–Crippen LogP) is 6.25. The number of nitrogens with zero attached hydrogens (tertiary/aromatic N) is 1. The molecule has 2 heterocycles. The predicted molar refractivity (Wildman–Crippen MR) is 133 cm³/mol. The molecule has 0 amide bonds. The van der Waals surface area contributed by atoms with Crippen LogP contribution < -0.4 is 10.1 Å². The number of rotatable bonds is 8. The Labute approximate surface area is 208 Å². The van der Waals surface area contributed by atoms with Crippen molar-refractivity contribution in [3.8, 4) is 17.1 Å². The van der Waals surface area contributed by atoms with Crippen LogP contribution in [0.25, 0.3) is 22.2 Å². The minimum absolute atomic E-state index is 0.00711. The maximum Gasteiger partial charge on any atom is 0.344 e. The third-order valence-corrected chi connectivity index (χ3v) is 6.32. The molecule has 1 fully saturated rings. The molecule has 1 aromatic carbocycles. The molecule has 4 rings (SSSR count). The quantitative estimate of drug-likeness (QED) is 0.286. The molecule has 1 saturated carbocycles. The van der Waals surface area contributed by atoms with E-state index in [9.17, 15) is 9.59 Å². The van der Waals surface area contributed by atoms with Crippen molar-refractivity contribution in [2.24, 2.45) is 0 Å². The maximum atomic E-state index is 13.1. The van der Waals surface area contributed by atoms with Crippen LogP contribution in [0.5, 0.6) is 5.75 Å². The molecule has 0 aliphatic heterocycles. The number of pyridine rings is 1. The van der Waals surface area contributed by atoms with Gasteiger partial charge in [-0.2, -0.15) is 0 Å². The average molecular weight is 501 g/mol. The first-order valence-corrected chi connectivity index (χ1v) is 12.3. The number of halogens is 1. The SMILES string of the molecule is CCOC(=O)c1c(NC2CCCCC2)oc(-c2cc3cc(OC)ccc3nc2Cl)c1C(=O)OCC. The molecule has 0 saturated heterocycles. The number of benzene rings is 1. The molecule has 0 spiro atoms. The highest BCUT2D eigenvalue weighted by molar-refractivity contribution is 6.33. The first-order valence-electron chi connectivity index (χ1n) is 11.9. The largest absolute Gasteiger partial charge is 0.497 e. The monoisotopic (exact) mass is 500 g/mol. The summed E-state index contributed by atoms with van der Waals surface area (Å²) in [5, 5.41) is 4.19. The fourth-order valence-corrected chi connectivity index (χ4v) is 4.60. The van der Waals surface area contributed by atoms with Gasteiger partial charge in [-0.1, -0.05) is 30.9 Å². The number of ether oxygens (including phenoxy) is 3. The molecule has 9 heteroatoms. The van der Waals surface area contributed by atoms with Crippen molar-refractivity contribution in [1.82, 2.24) is 4.98 Å². The van der Waals surface area contributed by atoms with E-state index in [1.807, 2.05) is 6.07 Å². The zero-order chi connectivity index (χ0) is 24.9. The van der Waals surface area contributed by atoms with Crippen molar-refractivity contribution < 1.29 is 28.2 Å². The second kappa shape index (κ2) is 11.0. The summed E-state index contributed by atoms with van der Waals surface area (Å²) < 4.78 is 22.1. The van der Waals surface area contributed by atoms with Gasteiger partial charge in [0.1, 0.15) is 22.0 Å². The van der Waals surface area contributed by atoms with Gasteiger partial charge in [0.05, 0.1) is 31.4 Å². The van der Waals surface area contributed by atoms with Crippen molar-refractivity contribution in [2.75, 3.05) is 25.6 Å². The molecule has 2 aromatic heterocycles. The molecular weight excluding hydrogens is 472 g/mol. The molecule has 0 atom stereocenters. The number of hydrogen-bond donors (Lipinski definition) is 1. The Kier molecular flexibility index (Phi) is 7.80. The van der Waals surface area contributed by atoms with E-state index in [0.717, 1.165) is 31.1 Å². The molecular formula is C26H29ClN2O6. The van der Waals surface area contributed by atoms with Gasteiger partial charge in [-0.3, -0.25) is 0 Å². The summed E-state index contributed by atoms with van der Waals surface area (Å²) in [5.41, 5.74) is 0.981. The third-order valence-electron chi connectivity index (χ3n) is 6.03. The molecule has 3 aromatic rings. The van der Waals surface area contributed by atoms with Crippen LogP contribution in [-0.2, 0) is 9.47 Å². The van der Waals surface area contributed by atoms with Crippen molar-refractivity contribution >= 4 is 40.3 Å². The van der Waals surface area contributed by atoms with Crippen molar-refractivity contribution in [2.45, 2.75) is 52.0 Å². The van der Waals surface area contributed by atoms with E-state index in [0.29, 0.717) is 16.8 Å². The highest BCUT2D eigenvalue weighted by Gasteiger charge is 2.35. The lowest BCUT2D eigenvalue weighted by Crippen LogP contribution is -2.23. The summed E-state index contributed by atoms with van der Waals surface area (Å²) in [6.45, 7) is 3.66. The molecule has 0 radical (unpaired) electrons. The van der Waals surface area contributed by atoms with Crippen LogP contribution in [0.2, 0.25) is 5.15 Å². The number of anilines is 1. The van der Waals surface area contributed by atoms with E-state index < -0.39 is 11.9 Å². The Hall–Kier alpha value is -3.26. The smallest absolute Gasteiger partial charge is 0.344 e. The van der Waals surface area contributed by atoms with Crippen LogP contribution in [0.15, 0.2) is 28.7 Å². The second-order valence-corrected chi connectivity index (χ2v) is 8.67. The number of aromatic nitrogens is 1. The zero-order valence-corrected chi connectivity index (χ0v) is 20.9. The van der Waals surface area contributed by atoms with Gasteiger partial charge < -0.3 is 23.9 Å².